The van der Waals surface area contributed by atoms with Crippen molar-refractivity contribution in [2.45, 2.75) is 129 Å². The number of nitrogens with zero attached hydrogens (tertiary/aromatic N) is 2. The van der Waals surface area contributed by atoms with Crippen LogP contribution in [-0.4, -0.2) is 22.7 Å². The lowest BCUT2D eigenvalue weighted by molar-refractivity contribution is 0.184. The van der Waals surface area contributed by atoms with Gasteiger partial charge in [-0.1, -0.05) is 128 Å². The molecule has 1 aromatic heterocycles. The molecule has 3 nitrogen and oxygen atoms in total. The number of unbranched alkanes of at least 4 members (excludes halogenated alkanes) is 13. The Balaban J connectivity index is 1.36. The van der Waals surface area contributed by atoms with E-state index in [-0.39, 0.29) is 6.61 Å². The average Bonchev–Trinajstić information content (AvgIpc) is 3.01. The third-order valence-electron chi connectivity index (χ3n) is 7.92. The maximum absolute atomic E-state index is 14.1. The highest BCUT2D eigenvalue weighted by Gasteiger charge is 2.09. The molecule has 0 saturated heterocycles. The molecule has 0 spiro atoms. The molecule has 2 aromatic carbocycles. The fourth-order valence-corrected chi connectivity index (χ4v) is 5.25. The average molecular weight is 561 g/mol. The summed E-state index contributed by atoms with van der Waals surface area (Å²) in [6.07, 6.45) is 24.0. The Morgan fingerprint density at radius 1 is 0.585 bits per heavy atom. The van der Waals surface area contributed by atoms with Crippen LogP contribution in [0.4, 0.5) is 4.39 Å². The molecule has 4 heteroatoms. The van der Waals surface area contributed by atoms with Crippen LogP contribution in [0, 0.1) is 0 Å². The number of ether oxygens (including phenoxy) is 1. The third kappa shape index (κ3) is 13.2. The Bertz CT molecular complexity index is 1050. The molecule has 0 N–H and O–H groups in total. The molecule has 0 aliphatic rings. The van der Waals surface area contributed by atoms with Gasteiger partial charge in [0.25, 0.3) is 0 Å². The molecule has 1 unspecified atom stereocenters. The molecular weight excluding hydrogens is 507 g/mol. The summed E-state index contributed by atoms with van der Waals surface area (Å²) in [7, 11) is 0. The van der Waals surface area contributed by atoms with E-state index < -0.39 is 6.17 Å². The highest BCUT2D eigenvalue weighted by molar-refractivity contribution is 5.64. The maximum Gasteiger partial charge on any atom is 0.159 e. The lowest BCUT2D eigenvalue weighted by Gasteiger charge is -2.11. The highest BCUT2D eigenvalue weighted by Crippen LogP contribution is 2.24. The second kappa shape index (κ2) is 20.2. The van der Waals surface area contributed by atoms with Crippen molar-refractivity contribution in [3.05, 3.63) is 66.5 Å². The highest BCUT2D eigenvalue weighted by atomic mass is 19.1. The lowest BCUT2D eigenvalue weighted by atomic mass is 10.0. The van der Waals surface area contributed by atoms with E-state index in [2.05, 4.69) is 48.1 Å². The van der Waals surface area contributed by atoms with E-state index in [1.165, 1.54) is 89.0 Å². The maximum atomic E-state index is 14.1. The van der Waals surface area contributed by atoms with Gasteiger partial charge in [0.1, 0.15) is 18.5 Å². The van der Waals surface area contributed by atoms with Gasteiger partial charge >= 0.3 is 0 Å². The SMILES string of the molecule is CCCCCCCCCCCCc1ccc(-c2cnc(-c3ccc(OCC(F)CCCCCCC)cc3)nc2)cc1. The Hall–Kier alpha value is -2.75. The zero-order chi connectivity index (χ0) is 29.0. The Morgan fingerprint density at radius 2 is 1.10 bits per heavy atom. The van der Waals surface area contributed by atoms with Gasteiger partial charge in [0.15, 0.2) is 5.82 Å². The van der Waals surface area contributed by atoms with Crippen molar-refractivity contribution in [3.8, 4) is 28.3 Å². The number of halogens is 1. The second-order valence-electron chi connectivity index (χ2n) is 11.6. The van der Waals surface area contributed by atoms with Crippen molar-refractivity contribution in [2.75, 3.05) is 6.61 Å². The van der Waals surface area contributed by atoms with Crippen LogP contribution < -0.4 is 4.74 Å². The molecule has 0 aliphatic carbocycles. The molecule has 3 rings (SSSR count). The first-order valence-electron chi connectivity index (χ1n) is 16.5. The largest absolute Gasteiger partial charge is 0.491 e. The first-order chi connectivity index (χ1) is 20.2. The van der Waals surface area contributed by atoms with E-state index in [9.17, 15) is 4.39 Å². The zero-order valence-corrected chi connectivity index (χ0v) is 25.8. The first-order valence-corrected chi connectivity index (χ1v) is 16.5. The number of aromatic nitrogens is 2. The molecular formula is C37H53FN2O. The molecule has 3 aromatic rings. The molecule has 1 atom stereocenters. The normalized spacial score (nSPS) is 12.0. The zero-order valence-electron chi connectivity index (χ0n) is 25.8. The summed E-state index contributed by atoms with van der Waals surface area (Å²) >= 11 is 0. The lowest BCUT2D eigenvalue weighted by Crippen LogP contribution is -2.12. The minimum Gasteiger partial charge on any atom is -0.491 e. The van der Waals surface area contributed by atoms with Gasteiger partial charge in [-0.25, -0.2) is 14.4 Å². The Labute approximate surface area is 249 Å². The van der Waals surface area contributed by atoms with E-state index in [1.807, 2.05) is 36.7 Å². The van der Waals surface area contributed by atoms with Gasteiger partial charge < -0.3 is 4.74 Å². The van der Waals surface area contributed by atoms with Gasteiger partial charge in [-0.05, 0) is 54.7 Å². The molecule has 0 aliphatic heterocycles. The van der Waals surface area contributed by atoms with Crippen LogP contribution in [0.15, 0.2) is 60.9 Å². The number of aryl methyl sites for hydroxylation is 1. The molecule has 0 radical (unpaired) electrons. The second-order valence-corrected chi connectivity index (χ2v) is 11.6. The molecule has 224 valence electrons. The van der Waals surface area contributed by atoms with Crippen molar-refractivity contribution < 1.29 is 9.13 Å². The van der Waals surface area contributed by atoms with E-state index >= 15 is 0 Å². The van der Waals surface area contributed by atoms with E-state index in [0.717, 1.165) is 36.0 Å². The summed E-state index contributed by atoms with van der Waals surface area (Å²) in [5, 5.41) is 0. The quantitative estimate of drug-likeness (QED) is 0.115. The summed E-state index contributed by atoms with van der Waals surface area (Å²) in [6.45, 7) is 4.58. The van der Waals surface area contributed by atoms with Gasteiger partial charge in [0.2, 0.25) is 0 Å². The number of hydrogen-bond acceptors (Lipinski definition) is 3. The number of hydrogen-bond donors (Lipinski definition) is 0. The smallest absolute Gasteiger partial charge is 0.159 e. The standard InChI is InChI=1S/C37H53FN2O/c1-3-5-7-9-10-11-12-13-15-16-18-31-20-22-32(23-21-31)34-28-39-37(40-29-34)33-24-26-36(27-25-33)41-30-35(38)19-17-14-8-6-4-2/h20-29,35H,3-19,30H2,1-2H3. The van der Waals surface area contributed by atoms with Crippen molar-refractivity contribution in [2.24, 2.45) is 0 Å². The molecule has 0 saturated carbocycles. The summed E-state index contributed by atoms with van der Waals surface area (Å²) in [5.41, 5.74) is 4.48. The Morgan fingerprint density at radius 3 is 1.68 bits per heavy atom. The predicted molar refractivity (Wildman–Crippen MR) is 172 cm³/mol. The molecule has 0 fully saturated rings. The van der Waals surface area contributed by atoms with Gasteiger partial charge in [-0.15, -0.1) is 0 Å². The number of benzene rings is 2. The topological polar surface area (TPSA) is 35.0 Å². The van der Waals surface area contributed by atoms with Crippen LogP contribution in [0.3, 0.4) is 0 Å². The van der Waals surface area contributed by atoms with Crippen LogP contribution in [0.5, 0.6) is 5.75 Å². The van der Waals surface area contributed by atoms with E-state index in [4.69, 9.17) is 4.74 Å². The van der Waals surface area contributed by atoms with Crippen molar-refractivity contribution in [1.82, 2.24) is 9.97 Å². The van der Waals surface area contributed by atoms with Crippen molar-refractivity contribution in [3.63, 3.8) is 0 Å². The summed E-state index contributed by atoms with van der Waals surface area (Å²) < 4.78 is 19.8. The molecule has 0 bridgehead atoms. The van der Waals surface area contributed by atoms with Gasteiger partial charge in [-0.3, -0.25) is 0 Å². The fraction of sp³-hybridized carbons (Fsp3) is 0.568. The van der Waals surface area contributed by atoms with Crippen molar-refractivity contribution in [1.29, 1.82) is 0 Å². The first kappa shape index (κ1) is 32.8. The van der Waals surface area contributed by atoms with Gasteiger partial charge in [0, 0.05) is 23.5 Å². The molecule has 41 heavy (non-hydrogen) atoms. The summed E-state index contributed by atoms with van der Waals surface area (Å²) in [5.74, 6) is 1.35. The van der Waals surface area contributed by atoms with E-state index in [0.29, 0.717) is 18.0 Å². The van der Waals surface area contributed by atoms with Crippen molar-refractivity contribution >= 4 is 0 Å². The van der Waals surface area contributed by atoms with Crippen LogP contribution in [0.2, 0.25) is 0 Å². The molecule has 1 heterocycles. The number of rotatable bonds is 22. The van der Waals surface area contributed by atoms with E-state index in [1.54, 1.807) is 0 Å². The monoisotopic (exact) mass is 560 g/mol. The third-order valence-corrected chi connectivity index (χ3v) is 7.92. The van der Waals surface area contributed by atoms with Crippen LogP contribution in [0.25, 0.3) is 22.5 Å². The van der Waals surface area contributed by atoms with Gasteiger partial charge in [0.05, 0.1) is 0 Å². The summed E-state index contributed by atoms with van der Waals surface area (Å²) in [6, 6.07) is 16.4. The van der Waals surface area contributed by atoms with Crippen LogP contribution in [-0.2, 0) is 6.42 Å². The van der Waals surface area contributed by atoms with Crippen LogP contribution in [0.1, 0.15) is 122 Å². The van der Waals surface area contributed by atoms with Crippen LogP contribution >= 0.6 is 0 Å². The predicted octanol–water partition coefficient (Wildman–Crippen LogP) is 11.4. The molecule has 0 amide bonds. The van der Waals surface area contributed by atoms with Gasteiger partial charge in [-0.2, -0.15) is 0 Å². The fourth-order valence-electron chi connectivity index (χ4n) is 5.25. The minimum atomic E-state index is -0.916. The number of alkyl halides is 1. The Kier molecular flexibility index (Phi) is 16.1. The minimum absolute atomic E-state index is 0.108. The summed E-state index contributed by atoms with van der Waals surface area (Å²) in [4.78, 5) is 9.20.